The summed E-state index contributed by atoms with van der Waals surface area (Å²) in [5.74, 6) is 0.387. The maximum absolute atomic E-state index is 6.15. The summed E-state index contributed by atoms with van der Waals surface area (Å²) in [5, 5.41) is 1.13. The summed E-state index contributed by atoms with van der Waals surface area (Å²) in [5.41, 5.74) is 7.23. The lowest BCUT2D eigenvalue weighted by Gasteiger charge is -2.26. The predicted molar refractivity (Wildman–Crippen MR) is 73.8 cm³/mol. The lowest BCUT2D eigenvalue weighted by atomic mass is 9.95. The zero-order valence-electron chi connectivity index (χ0n) is 10.4. The van der Waals surface area contributed by atoms with Gasteiger partial charge in [0.15, 0.2) is 0 Å². The van der Waals surface area contributed by atoms with E-state index in [2.05, 4.69) is 13.8 Å². The van der Waals surface area contributed by atoms with Crippen LogP contribution in [0.1, 0.15) is 19.4 Å². The third kappa shape index (κ3) is 4.14. The van der Waals surface area contributed by atoms with Crippen LogP contribution in [-0.2, 0) is 11.2 Å². The molecule has 0 bridgehead atoms. The van der Waals surface area contributed by atoms with Gasteiger partial charge in [-0.05, 0) is 30.0 Å². The molecule has 0 saturated carbocycles. The van der Waals surface area contributed by atoms with E-state index < -0.39 is 0 Å². The summed E-state index contributed by atoms with van der Waals surface area (Å²) in [6.45, 7) is 4.20. The van der Waals surface area contributed by atoms with E-state index in [0.29, 0.717) is 16.0 Å². The summed E-state index contributed by atoms with van der Waals surface area (Å²) < 4.78 is 5.42. The fraction of sp³-hybridized carbons (Fsp3) is 0.538. The average molecular weight is 276 g/mol. The number of benzene rings is 1. The summed E-state index contributed by atoms with van der Waals surface area (Å²) >= 11 is 11.8. The van der Waals surface area contributed by atoms with Crippen LogP contribution in [0.5, 0.6) is 0 Å². The molecule has 0 aliphatic rings. The molecule has 0 radical (unpaired) electrons. The fourth-order valence-electron chi connectivity index (χ4n) is 2.00. The van der Waals surface area contributed by atoms with Gasteiger partial charge in [0.25, 0.3) is 0 Å². The van der Waals surface area contributed by atoms with Crippen molar-refractivity contribution < 1.29 is 4.74 Å². The van der Waals surface area contributed by atoms with Gasteiger partial charge in [-0.3, -0.25) is 0 Å². The molecule has 0 amide bonds. The molecule has 4 heteroatoms. The monoisotopic (exact) mass is 275 g/mol. The Morgan fingerprint density at radius 1 is 1.24 bits per heavy atom. The van der Waals surface area contributed by atoms with E-state index in [1.165, 1.54) is 0 Å². The molecule has 0 fully saturated rings. The number of hydrogen-bond acceptors (Lipinski definition) is 2. The van der Waals surface area contributed by atoms with Crippen molar-refractivity contribution in [1.29, 1.82) is 0 Å². The molecule has 0 aliphatic heterocycles. The van der Waals surface area contributed by atoms with Crippen molar-refractivity contribution in [1.82, 2.24) is 0 Å². The molecule has 1 aromatic rings. The topological polar surface area (TPSA) is 35.2 Å². The second-order valence-electron chi connectivity index (χ2n) is 4.56. The van der Waals surface area contributed by atoms with Crippen molar-refractivity contribution in [3.63, 3.8) is 0 Å². The molecule has 0 spiro atoms. The Hall–Kier alpha value is -0.280. The minimum Gasteiger partial charge on any atom is -0.380 e. The number of hydrogen-bond donors (Lipinski definition) is 1. The second-order valence-corrected chi connectivity index (χ2v) is 5.38. The quantitative estimate of drug-likeness (QED) is 0.892. The van der Waals surface area contributed by atoms with Crippen LogP contribution in [0.4, 0.5) is 0 Å². The molecule has 0 aliphatic carbocycles. The molecule has 0 aromatic heterocycles. The Balaban J connectivity index is 2.73. The Morgan fingerprint density at radius 2 is 1.88 bits per heavy atom. The molecular formula is C13H19Cl2NO. The summed E-state index contributed by atoms with van der Waals surface area (Å²) in [4.78, 5) is 0. The molecular weight excluding hydrogens is 257 g/mol. The average Bonchev–Trinajstić information content (AvgIpc) is 2.24. The first-order valence-electron chi connectivity index (χ1n) is 5.68. The van der Waals surface area contributed by atoms with Gasteiger partial charge in [-0.25, -0.2) is 0 Å². The van der Waals surface area contributed by atoms with Crippen molar-refractivity contribution in [2.45, 2.75) is 32.4 Å². The zero-order valence-corrected chi connectivity index (χ0v) is 11.9. The predicted octanol–water partition coefficient (Wildman–Crippen LogP) is 3.53. The molecule has 2 nitrogen and oxygen atoms in total. The lowest BCUT2D eigenvalue weighted by molar-refractivity contribution is 0.0441. The van der Waals surface area contributed by atoms with E-state index >= 15 is 0 Å². The van der Waals surface area contributed by atoms with E-state index in [1.807, 2.05) is 12.1 Å². The minimum atomic E-state index is -0.0442. The van der Waals surface area contributed by atoms with Gasteiger partial charge in [0.1, 0.15) is 0 Å². The fourth-order valence-corrected chi connectivity index (χ4v) is 2.32. The van der Waals surface area contributed by atoms with Gasteiger partial charge < -0.3 is 10.5 Å². The Bertz CT molecular complexity index is 368. The van der Waals surface area contributed by atoms with Gasteiger partial charge >= 0.3 is 0 Å². The number of nitrogens with two attached hydrogens (primary N) is 1. The summed E-state index contributed by atoms with van der Waals surface area (Å²) in [6, 6.07) is 5.55. The van der Waals surface area contributed by atoms with Crippen LogP contribution in [0.25, 0.3) is 0 Å². The van der Waals surface area contributed by atoms with Crippen LogP contribution in [0, 0.1) is 5.92 Å². The van der Waals surface area contributed by atoms with Crippen molar-refractivity contribution in [3.05, 3.63) is 33.8 Å². The highest BCUT2D eigenvalue weighted by Gasteiger charge is 2.21. The van der Waals surface area contributed by atoms with Gasteiger partial charge in [0.2, 0.25) is 0 Å². The van der Waals surface area contributed by atoms with Gasteiger partial charge in [-0.15, -0.1) is 0 Å². The van der Waals surface area contributed by atoms with Crippen LogP contribution < -0.4 is 5.73 Å². The minimum absolute atomic E-state index is 0.0442. The highest BCUT2D eigenvalue weighted by molar-refractivity contribution is 6.42. The molecule has 1 aromatic carbocycles. The van der Waals surface area contributed by atoms with Crippen molar-refractivity contribution >= 4 is 23.2 Å². The van der Waals surface area contributed by atoms with Crippen LogP contribution in [0.15, 0.2) is 18.2 Å². The van der Waals surface area contributed by atoms with Crippen molar-refractivity contribution in [3.8, 4) is 0 Å². The van der Waals surface area contributed by atoms with Gasteiger partial charge in [0, 0.05) is 13.2 Å². The van der Waals surface area contributed by atoms with Crippen LogP contribution in [0.2, 0.25) is 10.0 Å². The largest absolute Gasteiger partial charge is 0.380 e. The molecule has 0 heterocycles. The second kappa shape index (κ2) is 6.60. The zero-order chi connectivity index (χ0) is 13.0. The SMILES string of the molecule is COC(C(C)C)C(N)Cc1ccc(Cl)c(Cl)c1. The molecule has 2 atom stereocenters. The van der Waals surface area contributed by atoms with Gasteiger partial charge in [0.05, 0.1) is 16.1 Å². The standard InChI is InChI=1S/C13H19Cl2NO/c1-8(2)13(17-3)12(16)7-9-4-5-10(14)11(15)6-9/h4-6,8,12-13H,7,16H2,1-3H3. The van der Waals surface area contributed by atoms with Crippen molar-refractivity contribution in [2.75, 3.05) is 7.11 Å². The molecule has 17 heavy (non-hydrogen) atoms. The molecule has 1 rings (SSSR count). The third-order valence-electron chi connectivity index (χ3n) is 2.81. The van der Waals surface area contributed by atoms with Gasteiger partial charge in [-0.1, -0.05) is 43.1 Å². The normalized spacial score (nSPS) is 15.0. The Labute approximate surface area is 113 Å². The number of halogens is 2. The first-order valence-corrected chi connectivity index (χ1v) is 6.43. The third-order valence-corrected chi connectivity index (χ3v) is 3.55. The highest BCUT2D eigenvalue weighted by Crippen LogP contribution is 2.23. The van der Waals surface area contributed by atoms with E-state index in [0.717, 1.165) is 12.0 Å². The molecule has 2 N–H and O–H groups in total. The van der Waals surface area contributed by atoms with E-state index in [-0.39, 0.29) is 12.1 Å². The molecule has 96 valence electrons. The lowest BCUT2D eigenvalue weighted by Crippen LogP contribution is -2.41. The number of methoxy groups -OCH3 is 1. The maximum atomic E-state index is 6.15. The van der Waals surface area contributed by atoms with E-state index in [4.69, 9.17) is 33.7 Å². The first-order chi connectivity index (χ1) is 7.95. The van der Waals surface area contributed by atoms with E-state index in [9.17, 15) is 0 Å². The molecule has 2 unspecified atom stereocenters. The van der Waals surface area contributed by atoms with Crippen molar-refractivity contribution in [2.24, 2.45) is 11.7 Å². The summed E-state index contributed by atoms with van der Waals surface area (Å²) in [6.07, 6.45) is 0.776. The van der Waals surface area contributed by atoms with Crippen LogP contribution in [-0.4, -0.2) is 19.3 Å². The van der Waals surface area contributed by atoms with Crippen LogP contribution >= 0.6 is 23.2 Å². The van der Waals surface area contributed by atoms with Crippen LogP contribution in [0.3, 0.4) is 0 Å². The number of rotatable bonds is 5. The molecule has 0 saturated heterocycles. The first kappa shape index (κ1) is 14.8. The van der Waals surface area contributed by atoms with E-state index in [1.54, 1.807) is 13.2 Å². The highest BCUT2D eigenvalue weighted by atomic mass is 35.5. The smallest absolute Gasteiger partial charge is 0.0748 e. The van der Waals surface area contributed by atoms with Gasteiger partial charge in [-0.2, -0.15) is 0 Å². The number of ether oxygens (including phenoxy) is 1. The summed E-state index contributed by atoms with van der Waals surface area (Å²) in [7, 11) is 1.69. The maximum Gasteiger partial charge on any atom is 0.0748 e. The Morgan fingerprint density at radius 3 is 2.35 bits per heavy atom. The Kier molecular flexibility index (Phi) is 5.74.